The van der Waals surface area contributed by atoms with Crippen LogP contribution >= 0.6 is 0 Å². The van der Waals surface area contributed by atoms with Gasteiger partial charge in [-0.3, -0.25) is 0 Å². The third-order valence-electron chi connectivity index (χ3n) is 2.28. The summed E-state index contributed by atoms with van der Waals surface area (Å²) in [5.74, 6) is 1.45. The Morgan fingerprint density at radius 1 is 1.44 bits per heavy atom. The van der Waals surface area contributed by atoms with Crippen molar-refractivity contribution in [2.45, 2.75) is 46.4 Å². The standard InChI is InChI=1S/C12H22N2O2/c1-9(2)5-10(3)15-8-12-6-11(7-13-4)14-16-12/h6,9-10,13H,5,7-8H2,1-4H3. The van der Waals surface area contributed by atoms with Crippen LogP contribution in [0.5, 0.6) is 0 Å². The highest BCUT2D eigenvalue weighted by atomic mass is 16.5. The Kier molecular flexibility index (Phi) is 5.49. The van der Waals surface area contributed by atoms with Gasteiger partial charge in [-0.15, -0.1) is 0 Å². The summed E-state index contributed by atoms with van der Waals surface area (Å²) in [6, 6.07) is 1.93. The third kappa shape index (κ3) is 4.77. The molecule has 1 unspecified atom stereocenters. The van der Waals surface area contributed by atoms with E-state index in [0.717, 1.165) is 24.4 Å². The predicted molar refractivity (Wildman–Crippen MR) is 63.0 cm³/mol. The normalized spacial score (nSPS) is 13.3. The molecule has 0 amide bonds. The zero-order valence-corrected chi connectivity index (χ0v) is 10.6. The number of aromatic nitrogens is 1. The highest BCUT2D eigenvalue weighted by Gasteiger charge is 2.08. The summed E-state index contributed by atoms with van der Waals surface area (Å²) in [7, 11) is 1.88. The molecule has 4 nitrogen and oxygen atoms in total. The number of nitrogens with zero attached hydrogens (tertiary/aromatic N) is 1. The van der Waals surface area contributed by atoms with Crippen LogP contribution in [0.3, 0.4) is 0 Å². The van der Waals surface area contributed by atoms with Gasteiger partial charge < -0.3 is 14.6 Å². The van der Waals surface area contributed by atoms with Crippen LogP contribution in [0.25, 0.3) is 0 Å². The van der Waals surface area contributed by atoms with Gasteiger partial charge in [0.2, 0.25) is 0 Å². The van der Waals surface area contributed by atoms with Crippen LogP contribution in [0.4, 0.5) is 0 Å². The molecule has 16 heavy (non-hydrogen) atoms. The molecule has 0 spiro atoms. The van der Waals surface area contributed by atoms with E-state index in [-0.39, 0.29) is 6.10 Å². The molecule has 0 fully saturated rings. The van der Waals surface area contributed by atoms with Crippen LogP contribution in [0, 0.1) is 5.92 Å². The van der Waals surface area contributed by atoms with Gasteiger partial charge in [-0.25, -0.2) is 0 Å². The van der Waals surface area contributed by atoms with E-state index in [9.17, 15) is 0 Å². The molecule has 0 aliphatic rings. The molecule has 0 saturated heterocycles. The van der Waals surface area contributed by atoms with E-state index in [0.29, 0.717) is 12.5 Å². The van der Waals surface area contributed by atoms with Crippen molar-refractivity contribution in [2.75, 3.05) is 7.05 Å². The first kappa shape index (κ1) is 13.2. The van der Waals surface area contributed by atoms with Gasteiger partial charge in [0.05, 0.1) is 11.8 Å². The van der Waals surface area contributed by atoms with E-state index in [1.165, 1.54) is 0 Å². The Labute approximate surface area is 97.3 Å². The number of ether oxygens (including phenoxy) is 1. The van der Waals surface area contributed by atoms with E-state index in [1.54, 1.807) is 0 Å². The maximum Gasteiger partial charge on any atom is 0.162 e. The molecule has 0 aromatic carbocycles. The first-order chi connectivity index (χ1) is 7.61. The van der Waals surface area contributed by atoms with Gasteiger partial charge in [0.1, 0.15) is 6.61 Å². The van der Waals surface area contributed by atoms with E-state index in [1.807, 2.05) is 13.1 Å². The molecule has 0 aliphatic carbocycles. The lowest BCUT2D eigenvalue weighted by atomic mass is 10.1. The van der Waals surface area contributed by atoms with Crippen LogP contribution in [0.1, 0.15) is 38.6 Å². The van der Waals surface area contributed by atoms with Gasteiger partial charge in [-0.05, 0) is 26.3 Å². The lowest BCUT2D eigenvalue weighted by Gasteiger charge is -2.13. The monoisotopic (exact) mass is 226 g/mol. The summed E-state index contributed by atoms with van der Waals surface area (Å²) in [6.07, 6.45) is 1.33. The molecule has 1 aromatic heterocycles. The third-order valence-corrected chi connectivity index (χ3v) is 2.28. The zero-order valence-electron chi connectivity index (χ0n) is 10.6. The number of nitrogens with one attached hydrogen (secondary N) is 1. The molecule has 0 aliphatic heterocycles. The summed E-state index contributed by atoms with van der Waals surface area (Å²) >= 11 is 0. The minimum absolute atomic E-state index is 0.262. The highest BCUT2D eigenvalue weighted by molar-refractivity contribution is 5.03. The van der Waals surface area contributed by atoms with E-state index < -0.39 is 0 Å². The molecule has 1 atom stereocenters. The smallest absolute Gasteiger partial charge is 0.162 e. The molecule has 1 heterocycles. The fourth-order valence-corrected chi connectivity index (χ4v) is 1.64. The quantitative estimate of drug-likeness (QED) is 0.775. The molecule has 0 radical (unpaired) electrons. The van der Waals surface area contributed by atoms with Gasteiger partial charge in [0.25, 0.3) is 0 Å². The Balaban J connectivity index is 2.30. The average molecular weight is 226 g/mol. The van der Waals surface area contributed by atoms with Gasteiger partial charge in [-0.1, -0.05) is 19.0 Å². The van der Waals surface area contributed by atoms with Crippen LogP contribution in [0.2, 0.25) is 0 Å². The lowest BCUT2D eigenvalue weighted by Crippen LogP contribution is -2.10. The Bertz CT molecular complexity index is 297. The van der Waals surface area contributed by atoms with Crippen molar-refractivity contribution >= 4 is 0 Å². The second kappa shape index (κ2) is 6.66. The van der Waals surface area contributed by atoms with Crippen molar-refractivity contribution < 1.29 is 9.26 Å². The van der Waals surface area contributed by atoms with Gasteiger partial charge in [-0.2, -0.15) is 0 Å². The van der Waals surface area contributed by atoms with Crippen molar-refractivity contribution in [1.82, 2.24) is 10.5 Å². The fourth-order valence-electron chi connectivity index (χ4n) is 1.64. The summed E-state index contributed by atoms with van der Waals surface area (Å²) in [5.41, 5.74) is 0.914. The summed E-state index contributed by atoms with van der Waals surface area (Å²) < 4.78 is 10.8. The van der Waals surface area contributed by atoms with Crippen molar-refractivity contribution in [3.63, 3.8) is 0 Å². The molecule has 1 N–H and O–H groups in total. The van der Waals surface area contributed by atoms with Crippen molar-refractivity contribution in [2.24, 2.45) is 5.92 Å². The molecule has 0 saturated carbocycles. The minimum atomic E-state index is 0.262. The molecule has 1 aromatic rings. The second-order valence-electron chi connectivity index (χ2n) is 4.57. The fraction of sp³-hybridized carbons (Fsp3) is 0.750. The van der Waals surface area contributed by atoms with Crippen molar-refractivity contribution in [1.29, 1.82) is 0 Å². The van der Waals surface area contributed by atoms with Crippen LogP contribution in [0.15, 0.2) is 10.6 Å². The molecular formula is C12H22N2O2. The molecule has 0 bridgehead atoms. The lowest BCUT2D eigenvalue weighted by molar-refractivity contribution is 0.0277. The largest absolute Gasteiger partial charge is 0.370 e. The van der Waals surface area contributed by atoms with E-state index in [2.05, 4.69) is 31.2 Å². The maximum absolute atomic E-state index is 5.68. The predicted octanol–water partition coefficient (Wildman–Crippen LogP) is 2.35. The van der Waals surface area contributed by atoms with E-state index >= 15 is 0 Å². The summed E-state index contributed by atoms with van der Waals surface area (Å²) in [4.78, 5) is 0. The van der Waals surface area contributed by atoms with Crippen molar-refractivity contribution in [3.05, 3.63) is 17.5 Å². The molecule has 92 valence electrons. The SMILES string of the molecule is CNCc1cc(COC(C)CC(C)C)on1. The summed E-state index contributed by atoms with van der Waals surface area (Å²) in [5, 5.41) is 6.95. The Morgan fingerprint density at radius 3 is 2.81 bits per heavy atom. The van der Waals surface area contributed by atoms with Crippen molar-refractivity contribution in [3.8, 4) is 0 Å². The van der Waals surface area contributed by atoms with Crippen LogP contribution < -0.4 is 5.32 Å². The number of hydrogen-bond donors (Lipinski definition) is 1. The summed E-state index contributed by atoms with van der Waals surface area (Å²) in [6.45, 7) is 7.71. The Hall–Kier alpha value is -0.870. The maximum atomic E-state index is 5.68. The van der Waals surface area contributed by atoms with Gasteiger partial charge >= 0.3 is 0 Å². The Morgan fingerprint density at radius 2 is 2.19 bits per heavy atom. The van der Waals surface area contributed by atoms with Crippen LogP contribution in [-0.2, 0) is 17.9 Å². The first-order valence-electron chi connectivity index (χ1n) is 5.82. The number of rotatable bonds is 7. The minimum Gasteiger partial charge on any atom is -0.370 e. The number of hydrogen-bond acceptors (Lipinski definition) is 4. The second-order valence-corrected chi connectivity index (χ2v) is 4.57. The molecule has 1 rings (SSSR count). The van der Waals surface area contributed by atoms with E-state index in [4.69, 9.17) is 9.26 Å². The topological polar surface area (TPSA) is 47.3 Å². The average Bonchev–Trinajstić information content (AvgIpc) is 2.62. The van der Waals surface area contributed by atoms with Crippen LogP contribution in [-0.4, -0.2) is 18.3 Å². The zero-order chi connectivity index (χ0) is 12.0. The van der Waals surface area contributed by atoms with Gasteiger partial charge in [0, 0.05) is 12.6 Å². The first-order valence-corrected chi connectivity index (χ1v) is 5.82. The molecule has 4 heteroatoms. The molecular weight excluding hydrogens is 204 g/mol. The van der Waals surface area contributed by atoms with Gasteiger partial charge in [0.15, 0.2) is 5.76 Å². The highest BCUT2D eigenvalue weighted by Crippen LogP contribution is 2.11.